The Bertz CT molecular complexity index is 582. The van der Waals surface area contributed by atoms with Crippen LogP contribution in [0.5, 0.6) is 5.88 Å². The van der Waals surface area contributed by atoms with Crippen molar-refractivity contribution in [3.8, 4) is 5.88 Å². The van der Waals surface area contributed by atoms with Crippen molar-refractivity contribution < 1.29 is 14.1 Å². The molecule has 7 heteroatoms. The smallest absolute Gasteiger partial charge is 0.262 e. The van der Waals surface area contributed by atoms with Crippen molar-refractivity contribution >= 4 is 23.5 Å². The van der Waals surface area contributed by atoms with Gasteiger partial charge < -0.3 is 14.6 Å². The zero-order valence-electron chi connectivity index (χ0n) is 10.6. The van der Waals surface area contributed by atoms with Gasteiger partial charge in [0.2, 0.25) is 5.88 Å². The maximum atomic E-state index is 12.2. The Morgan fingerprint density at radius 3 is 3.20 bits per heavy atom. The van der Waals surface area contributed by atoms with Crippen molar-refractivity contribution in [2.75, 3.05) is 16.8 Å². The van der Waals surface area contributed by atoms with E-state index in [1.807, 2.05) is 11.8 Å². The number of ether oxygens (including phenoxy) is 1. The molecular weight excluding hydrogens is 278 g/mol. The zero-order chi connectivity index (χ0) is 13.8. The first-order chi connectivity index (χ1) is 9.83. The second-order valence-electron chi connectivity index (χ2n) is 4.30. The molecule has 3 rings (SSSR count). The maximum Gasteiger partial charge on any atom is 0.262 e. The van der Waals surface area contributed by atoms with Gasteiger partial charge in [0.1, 0.15) is 17.9 Å². The molecule has 1 fully saturated rings. The summed E-state index contributed by atoms with van der Waals surface area (Å²) in [6.07, 6.45) is 4.11. The summed E-state index contributed by atoms with van der Waals surface area (Å²) in [6, 6.07) is 4.95. The average molecular weight is 291 g/mol. The van der Waals surface area contributed by atoms with Crippen LogP contribution < -0.4 is 10.1 Å². The number of aromatic nitrogens is 2. The van der Waals surface area contributed by atoms with Gasteiger partial charge >= 0.3 is 0 Å². The van der Waals surface area contributed by atoms with E-state index in [0.29, 0.717) is 17.3 Å². The molecule has 0 spiro atoms. The SMILES string of the molecule is O=C(Nc1ccon1)c1cccnc1O[C@H]1CCSC1. The summed E-state index contributed by atoms with van der Waals surface area (Å²) < 4.78 is 10.5. The van der Waals surface area contributed by atoms with Crippen LogP contribution in [0, 0.1) is 0 Å². The number of nitrogens with one attached hydrogen (secondary N) is 1. The summed E-state index contributed by atoms with van der Waals surface area (Å²) in [4.78, 5) is 16.3. The molecule has 2 aromatic heterocycles. The highest BCUT2D eigenvalue weighted by molar-refractivity contribution is 7.99. The Morgan fingerprint density at radius 1 is 1.50 bits per heavy atom. The quantitative estimate of drug-likeness (QED) is 0.930. The Kier molecular flexibility index (Phi) is 3.87. The Hall–Kier alpha value is -2.02. The third kappa shape index (κ3) is 2.93. The number of carbonyl (C=O) groups excluding carboxylic acids is 1. The highest BCUT2D eigenvalue weighted by Gasteiger charge is 2.21. The Labute approximate surface area is 119 Å². The molecule has 1 N–H and O–H groups in total. The highest BCUT2D eigenvalue weighted by Crippen LogP contribution is 2.24. The predicted octanol–water partition coefficient (Wildman–Crippen LogP) is 2.21. The molecule has 1 amide bonds. The van der Waals surface area contributed by atoms with E-state index in [9.17, 15) is 4.79 Å². The first-order valence-electron chi connectivity index (χ1n) is 6.24. The normalized spacial score (nSPS) is 17.9. The molecule has 0 bridgehead atoms. The number of amides is 1. The predicted molar refractivity (Wildman–Crippen MR) is 75.1 cm³/mol. The van der Waals surface area contributed by atoms with Crippen molar-refractivity contribution in [3.05, 3.63) is 36.2 Å². The van der Waals surface area contributed by atoms with Gasteiger partial charge in [0.05, 0.1) is 0 Å². The van der Waals surface area contributed by atoms with Crippen molar-refractivity contribution in [2.45, 2.75) is 12.5 Å². The topological polar surface area (TPSA) is 77.3 Å². The molecule has 6 nitrogen and oxygen atoms in total. The van der Waals surface area contributed by atoms with Crippen LogP contribution in [0.25, 0.3) is 0 Å². The van der Waals surface area contributed by atoms with Crippen LogP contribution in [0.4, 0.5) is 5.82 Å². The van der Waals surface area contributed by atoms with Gasteiger partial charge in [-0.15, -0.1) is 0 Å². The van der Waals surface area contributed by atoms with Gasteiger partial charge in [-0.1, -0.05) is 5.16 Å². The molecule has 1 atom stereocenters. The lowest BCUT2D eigenvalue weighted by Crippen LogP contribution is -2.20. The second kappa shape index (κ2) is 5.96. The standard InChI is InChI=1S/C13H13N3O3S/c17-12(15-11-3-6-18-16-11)10-2-1-5-14-13(10)19-9-4-7-20-8-9/h1-3,5-6,9H,4,7-8H2,(H,15,16,17)/t9-/m0/s1. The van der Waals surface area contributed by atoms with Gasteiger partial charge in [-0.25, -0.2) is 4.98 Å². The number of thioether (sulfide) groups is 1. The molecular formula is C13H13N3O3S. The van der Waals surface area contributed by atoms with Crippen molar-refractivity contribution in [1.29, 1.82) is 0 Å². The molecule has 1 saturated heterocycles. The number of rotatable bonds is 4. The number of nitrogens with zero attached hydrogens (tertiary/aromatic N) is 2. The lowest BCUT2D eigenvalue weighted by atomic mass is 10.2. The summed E-state index contributed by atoms with van der Waals surface area (Å²) in [7, 11) is 0. The molecule has 1 aliphatic rings. The van der Waals surface area contributed by atoms with Gasteiger partial charge in [0, 0.05) is 18.0 Å². The number of hydrogen-bond acceptors (Lipinski definition) is 6. The van der Waals surface area contributed by atoms with E-state index in [1.165, 1.54) is 6.26 Å². The fourth-order valence-corrected chi connectivity index (χ4v) is 2.98. The number of pyridine rings is 1. The van der Waals surface area contributed by atoms with Gasteiger partial charge in [-0.05, 0) is 24.3 Å². The van der Waals surface area contributed by atoms with E-state index < -0.39 is 0 Å². The van der Waals surface area contributed by atoms with Crippen LogP contribution in [-0.4, -0.2) is 33.7 Å². The fourth-order valence-electron chi connectivity index (χ4n) is 1.88. The van der Waals surface area contributed by atoms with Crippen LogP contribution >= 0.6 is 11.8 Å². The summed E-state index contributed by atoms with van der Waals surface area (Å²) in [6.45, 7) is 0. The molecule has 104 valence electrons. The number of hydrogen-bond donors (Lipinski definition) is 1. The largest absolute Gasteiger partial charge is 0.473 e. The van der Waals surface area contributed by atoms with Gasteiger partial charge in [-0.2, -0.15) is 11.8 Å². The van der Waals surface area contributed by atoms with Gasteiger partial charge in [0.25, 0.3) is 5.91 Å². The molecule has 0 aliphatic carbocycles. The van der Waals surface area contributed by atoms with E-state index in [-0.39, 0.29) is 12.0 Å². The number of anilines is 1. The lowest BCUT2D eigenvalue weighted by Gasteiger charge is -2.14. The first kappa shape index (κ1) is 13.0. The molecule has 2 aromatic rings. The third-order valence-corrected chi connectivity index (χ3v) is 3.99. The zero-order valence-corrected chi connectivity index (χ0v) is 11.4. The van der Waals surface area contributed by atoms with Crippen LogP contribution in [0.1, 0.15) is 16.8 Å². The van der Waals surface area contributed by atoms with E-state index >= 15 is 0 Å². The summed E-state index contributed by atoms with van der Waals surface area (Å²) in [5, 5.41) is 6.28. The minimum atomic E-state index is -0.312. The van der Waals surface area contributed by atoms with Crippen molar-refractivity contribution in [2.24, 2.45) is 0 Å². The molecule has 0 radical (unpaired) electrons. The molecule has 1 aliphatic heterocycles. The van der Waals surface area contributed by atoms with Crippen LogP contribution in [0.2, 0.25) is 0 Å². The molecule has 0 unspecified atom stereocenters. The summed E-state index contributed by atoms with van der Waals surface area (Å²) in [5.74, 6) is 2.42. The fraction of sp³-hybridized carbons (Fsp3) is 0.308. The van der Waals surface area contributed by atoms with Crippen molar-refractivity contribution in [3.63, 3.8) is 0 Å². The molecule has 3 heterocycles. The van der Waals surface area contributed by atoms with Crippen LogP contribution in [0.3, 0.4) is 0 Å². The van der Waals surface area contributed by atoms with Crippen LogP contribution in [0.15, 0.2) is 35.2 Å². The van der Waals surface area contributed by atoms with Crippen molar-refractivity contribution in [1.82, 2.24) is 10.1 Å². The Morgan fingerprint density at radius 2 is 2.45 bits per heavy atom. The molecule has 0 aromatic carbocycles. The summed E-state index contributed by atoms with van der Waals surface area (Å²) >= 11 is 1.84. The summed E-state index contributed by atoms with van der Waals surface area (Å²) in [5.41, 5.74) is 0.396. The van der Waals surface area contributed by atoms with Gasteiger partial charge in [0.15, 0.2) is 5.82 Å². The van der Waals surface area contributed by atoms with Crippen LogP contribution in [-0.2, 0) is 0 Å². The first-order valence-corrected chi connectivity index (χ1v) is 7.39. The maximum absolute atomic E-state index is 12.2. The molecule has 20 heavy (non-hydrogen) atoms. The van der Waals surface area contributed by atoms with E-state index in [4.69, 9.17) is 4.74 Å². The minimum Gasteiger partial charge on any atom is -0.473 e. The van der Waals surface area contributed by atoms with E-state index in [2.05, 4.69) is 20.0 Å². The van der Waals surface area contributed by atoms with E-state index in [1.54, 1.807) is 24.4 Å². The Balaban J connectivity index is 1.76. The lowest BCUT2D eigenvalue weighted by molar-refractivity contribution is 0.101. The third-order valence-electron chi connectivity index (χ3n) is 2.86. The monoisotopic (exact) mass is 291 g/mol. The second-order valence-corrected chi connectivity index (χ2v) is 5.45. The highest BCUT2D eigenvalue weighted by atomic mass is 32.2. The number of carbonyl (C=O) groups is 1. The van der Waals surface area contributed by atoms with E-state index in [0.717, 1.165) is 17.9 Å². The minimum absolute atomic E-state index is 0.119. The molecule has 0 saturated carbocycles. The van der Waals surface area contributed by atoms with Gasteiger partial charge in [-0.3, -0.25) is 4.79 Å². The average Bonchev–Trinajstić information content (AvgIpc) is 3.13.